The summed E-state index contributed by atoms with van der Waals surface area (Å²) in [6.07, 6.45) is 3.17. The molecule has 0 spiro atoms. The maximum atomic E-state index is 12.4. The number of thiophene rings is 1. The molecule has 2 nitrogen and oxygen atoms in total. The van der Waals surface area contributed by atoms with Crippen LogP contribution < -0.4 is 5.32 Å². The number of fused-ring (bicyclic) bond motifs is 1. The topological polar surface area (TPSA) is 29.1 Å². The smallest absolute Gasteiger partial charge is 0.231 e. The first-order valence-corrected chi connectivity index (χ1v) is 8.04. The van der Waals surface area contributed by atoms with Crippen molar-refractivity contribution in [1.82, 2.24) is 0 Å². The highest BCUT2D eigenvalue weighted by atomic mass is 79.9. The fraction of sp³-hybridized carbons (Fsp3) is 0.267. The standard InChI is InChI=1S/C15H14BrNOS/c16-10-4-6-11(7-5-10)17-15(18)13-2-1-3-14-12(13)8-9-19-14/h4-9,13H,1-3H2,(H,17,18). The normalized spacial score (nSPS) is 17.8. The number of halogens is 1. The van der Waals surface area contributed by atoms with Gasteiger partial charge >= 0.3 is 0 Å². The Labute approximate surface area is 125 Å². The van der Waals surface area contributed by atoms with Crippen LogP contribution in [0.15, 0.2) is 40.2 Å². The van der Waals surface area contributed by atoms with Gasteiger partial charge < -0.3 is 5.32 Å². The fourth-order valence-electron chi connectivity index (χ4n) is 2.52. The lowest BCUT2D eigenvalue weighted by Gasteiger charge is -2.21. The van der Waals surface area contributed by atoms with E-state index in [-0.39, 0.29) is 11.8 Å². The zero-order chi connectivity index (χ0) is 13.2. The molecular formula is C15H14BrNOS. The van der Waals surface area contributed by atoms with Crippen molar-refractivity contribution in [3.05, 3.63) is 50.6 Å². The van der Waals surface area contributed by atoms with Crippen molar-refractivity contribution in [2.45, 2.75) is 25.2 Å². The molecule has 0 saturated carbocycles. The average molecular weight is 336 g/mol. The first-order chi connectivity index (χ1) is 9.24. The molecule has 4 heteroatoms. The van der Waals surface area contributed by atoms with Gasteiger partial charge in [-0.15, -0.1) is 11.3 Å². The van der Waals surface area contributed by atoms with Crippen molar-refractivity contribution in [3.8, 4) is 0 Å². The summed E-state index contributed by atoms with van der Waals surface area (Å²) in [4.78, 5) is 13.8. The third-order valence-electron chi connectivity index (χ3n) is 3.48. The highest BCUT2D eigenvalue weighted by molar-refractivity contribution is 9.10. The maximum Gasteiger partial charge on any atom is 0.231 e. The number of anilines is 1. The van der Waals surface area contributed by atoms with E-state index in [0.29, 0.717) is 0 Å². The summed E-state index contributed by atoms with van der Waals surface area (Å²) < 4.78 is 1.02. The van der Waals surface area contributed by atoms with Crippen molar-refractivity contribution >= 4 is 38.9 Å². The number of hydrogen-bond donors (Lipinski definition) is 1. The van der Waals surface area contributed by atoms with Crippen LogP contribution in [0, 0.1) is 0 Å². The Hall–Kier alpha value is -1.13. The predicted octanol–water partition coefficient (Wildman–Crippen LogP) is 4.57. The summed E-state index contributed by atoms with van der Waals surface area (Å²) in [6.45, 7) is 0. The molecule has 0 bridgehead atoms. The third kappa shape index (κ3) is 2.74. The molecule has 3 rings (SSSR count). The van der Waals surface area contributed by atoms with Gasteiger partial charge in [0.15, 0.2) is 0 Å². The van der Waals surface area contributed by atoms with Gasteiger partial charge in [0, 0.05) is 15.0 Å². The molecule has 1 unspecified atom stereocenters. The van der Waals surface area contributed by atoms with Gasteiger partial charge in [-0.25, -0.2) is 0 Å². The van der Waals surface area contributed by atoms with Crippen molar-refractivity contribution < 1.29 is 4.79 Å². The molecule has 1 aromatic heterocycles. The van der Waals surface area contributed by atoms with Crippen LogP contribution in [0.4, 0.5) is 5.69 Å². The van der Waals surface area contributed by atoms with Gasteiger partial charge in [-0.3, -0.25) is 4.79 Å². The number of rotatable bonds is 2. The number of carbonyl (C=O) groups excluding carboxylic acids is 1. The molecule has 2 aromatic rings. The molecule has 0 aliphatic heterocycles. The van der Waals surface area contributed by atoms with Crippen LogP contribution in [0.5, 0.6) is 0 Å². The molecule has 1 heterocycles. The molecule has 1 N–H and O–H groups in total. The van der Waals surface area contributed by atoms with E-state index in [9.17, 15) is 4.79 Å². The van der Waals surface area contributed by atoms with E-state index >= 15 is 0 Å². The van der Waals surface area contributed by atoms with Crippen LogP contribution in [-0.4, -0.2) is 5.91 Å². The lowest BCUT2D eigenvalue weighted by Crippen LogP contribution is -2.23. The molecule has 1 atom stereocenters. The van der Waals surface area contributed by atoms with E-state index in [0.717, 1.165) is 29.4 Å². The zero-order valence-corrected chi connectivity index (χ0v) is 12.8. The summed E-state index contributed by atoms with van der Waals surface area (Å²) >= 11 is 5.16. The SMILES string of the molecule is O=C(Nc1ccc(Br)cc1)C1CCCc2sccc21. The predicted molar refractivity (Wildman–Crippen MR) is 82.8 cm³/mol. The Morgan fingerprint density at radius 1 is 1.26 bits per heavy atom. The largest absolute Gasteiger partial charge is 0.326 e. The van der Waals surface area contributed by atoms with Gasteiger partial charge in [-0.1, -0.05) is 15.9 Å². The molecular weight excluding hydrogens is 322 g/mol. The first-order valence-electron chi connectivity index (χ1n) is 6.37. The molecule has 1 aliphatic rings. The Morgan fingerprint density at radius 2 is 2.05 bits per heavy atom. The second kappa shape index (κ2) is 5.47. The van der Waals surface area contributed by atoms with E-state index in [4.69, 9.17) is 0 Å². The Bertz CT molecular complexity index is 590. The van der Waals surface area contributed by atoms with Crippen LogP contribution in [0.1, 0.15) is 29.2 Å². The molecule has 1 aliphatic carbocycles. The molecule has 19 heavy (non-hydrogen) atoms. The summed E-state index contributed by atoms with van der Waals surface area (Å²) in [5.74, 6) is 0.125. The number of benzene rings is 1. The third-order valence-corrected chi connectivity index (χ3v) is 5.01. The number of hydrogen-bond acceptors (Lipinski definition) is 2. The lowest BCUT2D eigenvalue weighted by molar-refractivity contribution is -0.117. The number of nitrogens with one attached hydrogen (secondary N) is 1. The van der Waals surface area contributed by atoms with Crippen LogP contribution in [-0.2, 0) is 11.2 Å². The second-order valence-corrected chi connectivity index (χ2v) is 6.66. The quantitative estimate of drug-likeness (QED) is 0.855. The van der Waals surface area contributed by atoms with Crippen molar-refractivity contribution in [2.75, 3.05) is 5.32 Å². The average Bonchev–Trinajstić information content (AvgIpc) is 2.89. The zero-order valence-electron chi connectivity index (χ0n) is 10.4. The summed E-state index contributed by atoms with van der Waals surface area (Å²) in [5, 5.41) is 5.11. The van der Waals surface area contributed by atoms with Gasteiger partial charge in [-0.05, 0) is 60.5 Å². The Kier molecular flexibility index (Phi) is 3.71. The van der Waals surface area contributed by atoms with Gasteiger partial charge in [0.25, 0.3) is 0 Å². The number of aryl methyl sites for hydroxylation is 1. The fourth-order valence-corrected chi connectivity index (χ4v) is 3.77. The summed E-state index contributed by atoms with van der Waals surface area (Å²) in [6, 6.07) is 9.81. The first kappa shape index (κ1) is 12.9. The second-order valence-electron chi connectivity index (χ2n) is 4.74. The molecule has 0 fully saturated rings. The van der Waals surface area contributed by atoms with Crippen LogP contribution in [0.2, 0.25) is 0 Å². The molecule has 1 amide bonds. The summed E-state index contributed by atoms with van der Waals surface area (Å²) in [7, 11) is 0. The van der Waals surface area contributed by atoms with Crippen molar-refractivity contribution in [3.63, 3.8) is 0 Å². The van der Waals surface area contributed by atoms with Gasteiger partial charge in [0.05, 0.1) is 5.92 Å². The van der Waals surface area contributed by atoms with Gasteiger partial charge in [0.1, 0.15) is 0 Å². The van der Waals surface area contributed by atoms with E-state index in [1.165, 1.54) is 10.4 Å². The maximum absolute atomic E-state index is 12.4. The van der Waals surface area contributed by atoms with Crippen molar-refractivity contribution in [1.29, 1.82) is 0 Å². The summed E-state index contributed by atoms with van der Waals surface area (Å²) in [5.41, 5.74) is 2.08. The van der Waals surface area contributed by atoms with Crippen LogP contribution >= 0.6 is 27.3 Å². The minimum absolute atomic E-state index is 0.0126. The molecule has 0 saturated heterocycles. The Morgan fingerprint density at radius 3 is 2.84 bits per heavy atom. The van der Waals surface area contributed by atoms with E-state index < -0.39 is 0 Å². The lowest BCUT2D eigenvalue weighted by atomic mass is 9.87. The van der Waals surface area contributed by atoms with Crippen molar-refractivity contribution in [2.24, 2.45) is 0 Å². The van der Waals surface area contributed by atoms with E-state index in [2.05, 4.69) is 32.7 Å². The number of carbonyl (C=O) groups is 1. The minimum atomic E-state index is 0.0126. The molecule has 98 valence electrons. The van der Waals surface area contributed by atoms with Crippen LogP contribution in [0.25, 0.3) is 0 Å². The van der Waals surface area contributed by atoms with Crippen LogP contribution in [0.3, 0.4) is 0 Å². The van der Waals surface area contributed by atoms with E-state index in [1.54, 1.807) is 11.3 Å². The van der Waals surface area contributed by atoms with Gasteiger partial charge in [-0.2, -0.15) is 0 Å². The highest BCUT2D eigenvalue weighted by Gasteiger charge is 2.27. The molecule has 1 aromatic carbocycles. The Balaban J connectivity index is 1.77. The number of amides is 1. The van der Waals surface area contributed by atoms with E-state index in [1.807, 2.05) is 24.3 Å². The highest BCUT2D eigenvalue weighted by Crippen LogP contribution is 2.35. The monoisotopic (exact) mass is 335 g/mol. The minimum Gasteiger partial charge on any atom is -0.326 e. The van der Waals surface area contributed by atoms with Gasteiger partial charge in [0.2, 0.25) is 5.91 Å². The molecule has 0 radical (unpaired) electrons.